The summed E-state index contributed by atoms with van der Waals surface area (Å²) >= 11 is 0. The number of methoxy groups -OCH3 is 2. The first-order valence-corrected chi connectivity index (χ1v) is 22.4. The number of aliphatic carboxylic acids is 1. The van der Waals surface area contributed by atoms with Gasteiger partial charge in [0.05, 0.1) is 42.7 Å². The number of likely N-dealkylation sites (tertiary alicyclic amines) is 1. The maximum Gasteiger partial charge on any atom is 0.326 e. The number of likely N-dealkylation sites (N-methyl/N-ethyl adjacent to an activating group) is 2. The van der Waals surface area contributed by atoms with Crippen LogP contribution in [0.4, 0.5) is 5.69 Å². The summed E-state index contributed by atoms with van der Waals surface area (Å²) in [6.45, 7) is 14.7. The largest absolute Gasteiger partial charge is 0.480 e. The highest BCUT2D eigenvalue weighted by molar-refractivity contribution is 5.90. The molecule has 14 heteroatoms. The maximum atomic E-state index is 14.6. The van der Waals surface area contributed by atoms with Gasteiger partial charge in [-0.2, -0.15) is 0 Å². The van der Waals surface area contributed by atoms with Gasteiger partial charge in [-0.3, -0.25) is 24.1 Å². The summed E-state index contributed by atoms with van der Waals surface area (Å²) in [4.78, 5) is 74.2. The second kappa shape index (κ2) is 24.9. The van der Waals surface area contributed by atoms with Gasteiger partial charge in [-0.05, 0) is 67.3 Å². The van der Waals surface area contributed by atoms with Crippen molar-refractivity contribution < 1.29 is 38.6 Å². The molecule has 1 fully saturated rings. The maximum absolute atomic E-state index is 14.6. The lowest BCUT2D eigenvalue weighted by molar-refractivity contribution is -0.148. The lowest BCUT2D eigenvalue weighted by Crippen LogP contribution is -2.60. The van der Waals surface area contributed by atoms with E-state index in [0.717, 1.165) is 17.7 Å². The van der Waals surface area contributed by atoms with Crippen LogP contribution in [0.25, 0.3) is 0 Å². The summed E-state index contributed by atoms with van der Waals surface area (Å²) in [5, 5.41) is 18.9. The molecule has 1 heterocycles. The van der Waals surface area contributed by atoms with Crippen LogP contribution in [-0.2, 0) is 46.3 Å². The zero-order valence-electron chi connectivity index (χ0n) is 39.4. The molecule has 0 radical (unpaired) electrons. The molecule has 1 aliphatic rings. The minimum absolute atomic E-state index is 0.0187. The highest BCUT2D eigenvalue weighted by Crippen LogP contribution is 2.30. The first-order chi connectivity index (χ1) is 29.4. The molecule has 0 spiro atoms. The molecule has 4 amide bonds. The van der Waals surface area contributed by atoms with Crippen molar-refractivity contribution in [1.29, 1.82) is 0 Å². The third kappa shape index (κ3) is 14.0. The van der Waals surface area contributed by atoms with Crippen molar-refractivity contribution in [2.45, 2.75) is 129 Å². The van der Waals surface area contributed by atoms with Crippen molar-refractivity contribution in [3.05, 3.63) is 65.7 Å². The van der Waals surface area contributed by atoms with Crippen molar-refractivity contribution in [3.8, 4) is 0 Å². The van der Waals surface area contributed by atoms with E-state index in [4.69, 9.17) is 9.47 Å². The molecule has 0 aliphatic carbocycles. The van der Waals surface area contributed by atoms with Gasteiger partial charge in [0.1, 0.15) is 12.1 Å². The summed E-state index contributed by atoms with van der Waals surface area (Å²) in [6, 6.07) is 14.0. The van der Waals surface area contributed by atoms with Crippen molar-refractivity contribution >= 4 is 35.3 Å². The third-order valence-electron chi connectivity index (χ3n) is 12.8. The monoisotopic (exact) mass is 865 g/mol. The second-order valence-electron chi connectivity index (χ2n) is 17.8. The number of ether oxygens (including phenoxy) is 2. The fourth-order valence-electron chi connectivity index (χ4n) is 8.93. The van der Waals surface area contributed by atoms with Gasteiger partial charge in [-0.1, -0.05) is 97.4 Å². The van der Waals surface area contributed by atoms with Crippen molar-refractivity contribution in [1.82, 2.24) is 25.3 Å². The molecule has 1 saturated heterocycles. The molecule has 0 aromatic heterocycles. The summed E-state index contributed by atoms with van der Waals surface area (Å²) in [6.07, 6.45) is 1.51. The van der Waals surface area contributed by atoms with Gasteiger partial charge in [0.15, 0.2) is 0 Å². The van der Waals surface area contributed by atoms with E-state index >= 15 is 0 Å². The highest BCUT2D eigenvalue weighted by Gasteiger charge is 2.43. The van der Waals surface area contributed by atoms with E-state index in [0.29, 0.717) is 32.4 Å². The van der Waals surface area contributed by atoms with Gasteiger partial charge in [0, 0.05) is 53.5 Å². The number of rotatable bonds is 25. The summed E-state index contributed by atoms with van der Waals surface area (Å²) in [7, 11) is 8.61. The molecule has 0 saturated carbocycles. The molecule has 0 bridgehead atoms. The number of carbonyl (C=O) groups excluding carboxylic acids is 4. The number of amides is 4. The average molecular weight is 865 g/mol. The lowest BCUT2D eigenvalue weighted by Gasteiger charge is -2.41. The van der Waals surface area contributed by atoms with Crippen molar-refractivity contribution in [3.63, 3.8) is 0 Å². The quantitative estimate of drug-likeness (QED) is 0.105. The van der Waals surface area contributed by atoms with Crippen LogP contribution in [0, 0.1) is 23.7 Å². The van der Waals surface area contributed by atoms with Gasteiger partial charge in [0.2, 0.25) is 23.6 Å². The standard InChI is InChI=1S/C48H76N6O8/c1-13-32(6)43(53(10)47(58)41(30(2)3)51-46(57)42(31(4)5)52(9)27-25-34-21-23-36(49-8)24-22-34)39(61-11)29-40(55)54-26-17-20-38(54)44(62-12)33(7)45(56)50-37(48(59)60)28-35-18-15-14-16-19-35/h14-16,18-19,21-24,30-33,37-39,41-44,49H,13,17,20,25-29H2,1-12H3,(H,50,56)(H,51,57)(H,59,60)/t32?,33-,37+,38+,39-,41+,42+,43+,44?/m1/s1. The Bertz CT molecular complexity index is 1730. The normalized spacial score (nSPS) is 18.0. The molecule has 14 nitrogen and oxygen atoms in total. The Labute approximate surface area is 370 Å². The van der Waals surface area contributed by atoms with Crippen LogP contribution in [0.15, 0.2) is 54.6 Å². The van der Waals surface area contributed by atoms with Crippen molar-refractivity contribution in [2.75, 3.05) is 53.8 Å². The molecule has 2 aromatic carbocycles. The number of hydrogen-bond acceptors (Lipinski definition) is 9. The first-order valence-electron chi connectivity index (χ1n) is 22.4. The van der Waals surface area contributed by atoms with E-state index in [2.05, 4.69) is 33.0 Å². The van der Waals surface area contributed by atoms with Crippen LogP contribution in [0.1, 0.15) is 85.3 Å². The van der Waals surface area contributed by atoms with Crippen LogP contribution < -0.4 is 16.0 Å². The Morgan fingerprint density at radius 2 is 1.50 bits per heavy atom. The summed E-state index contributed by atoms with van der Waals surface area (Å²) < 4.78 is 12.0. The molecular formula is C48H76N6O8. The van der Waals surface area contributed by atoms with E-state index in [1.807, 2.05) is 98.1 Å². The van der Waals surface area contributed by atoms with E-state index in [-0.39, 0.29) is 48.3 Å². The topological polar surface area (TPSA) is 170 Å². The minimum atomic E-state index is -1.14. The van der Waals surface area contributed by atoms with Crippen LogP contribution in [-0.4, -0.2) is 140 Å². The molecule has 1 aliphatic heterocycles. The van der Waals surface area contributed by atoms with Crippen molar-refractivity contribution in [2.24, 2.45) is 23.7 Å². The number of nitrogens with one attached hydrogen (secondary N) is 3. The number of benzene rings is 2. The van der Waals surface area contributed by atoms with Crippen LogP contribution in [0.2, 0.25) is 0 Å². The highest BCUT2D eigenvalue weighted by atomic mass is 16.5. The molecule has 2 unspecified atom stereocenters. The summed E-state index contributed by atoms with van der Waals surface area (Å²) in [5.41, 5.74) is 2.98. The molecule has 9 atom stereocenters. The zero-order valence-corrected chi connectivity index (χ0v) is 39.4. The van der Waals surface area contributed by atoms with Gasteiger partial charge in [-0.25, -0.2) is 4.79 Å². The molecule has 3 rings (SSSR count). The molecule has 62 heavy (non-hydrogen) atoms. The first kappa shape index (κ1) is 51.8. The number of carboxylic acids is 1. The number of carbonyl (C=O) groups is 5. The predicted octanol–water partition coefficient (Wildman–Crippen LogP) is 5.10. The van der Waals surface area contributed by atoms with E-state index < -0.39 is 60.2 Å². The number of hydrogen-bond donors (Lipinski definition) is 4. The smallest absolute Gasteiger partial charge is 0.326 e. The number of anilines is 1. The molecule has 2 aromatic rings. The Balaban J connectivity index is 1.76. The SMILES string of the molecule is CCC(C)[C@@H]([C@@H](CC(=O)N1CCC[C@H]1C(OC)[C@@H](C)C(=O)N[C@@H](Cc1ccccc1)C(=O)O)OC)N(C)C(=O)[C@@H](NC(=O)[C@H](C(C)C)N(C)CCc1ccc(NC)cc1)C(C)C. The third-order valence-corrected chi connectivity index (χ3v) is 12.8. The Morgan fingerprint density at radius 3 is 2.03 bits per heavy atom. The molecule has 346 valence electrons. The van der Waals surface area contributed by atoms with E-state index in [9.17, 15) is 29.1 Å². The lowest BCUT2D eigenvalue weighted by atomic mass is 9.89. The van der Waals surface area contributed by atoms with Gasteiger partial charge < -0.3 is 40.3 Å². The van der Waals surface area contributed by atoms with E-state index in [1.54, 1.807) is 30.9 Å². The van der Waals surface area contributed by atoms with E-state index in [1.165, 1.54) is 12.7 Å². The van der Waals surface area contributed by atoms with Gasteiger partial charge in [-0.15, -0.1) is 0 Å². The fourth-order valence-corrected chi connectivity index (χ4v) is 8.93. The zero-order chi connectivity index (χ0) is 46.3. The van der Waals surface area contributed by atoms with Gasteiger partial charge >= 0.3 is 5.97 Å². The summed E-state index contributed by atoms with van der Waals surface area (Å²) in [5.74, 6) is -3.34. The molecule has 4 N–H and O–H groups in total. The Hall–Kier alpha value is -4.53. The average Bonchev–Trinajstić information content (AvgIpc) is 3.74. The number of carboxylic acid groups (broad SMARTS) is 1. The van der Waals surface area contributed by atoms with Gasteiger partial charge in [0.25, 0.3) is 0 Å². The fraction of sp³-hybridized carbons (Fsp3) is 0.646. The Kier molecular flexibility index (Phi) is 20.8. The van der Waals surface area contributed by atoms with Crippen LogP contribution in [0.3, 0.4) is 0 Å². The molecular weight excluding hydrogens is 789 g/mol. The Morgan fingerprint density at radius 1 is 0.855 bits per heavy atom. The van der Waals surface area contributed by atoms with Crippen LogP contribution >= 0.6 is 0 Å². The predicted molar refractivity (Wildman–Crippen MR) is 244 cm³/mol. The van der Waals surface area contributed by atoms with Crippen LogP contribution in [0.5, 0.6) is 0 Å². The second-order valence-corrected chi connectivity index (χ2v) is 17.8. The minimum Gasteiger partial charge on any atom is -0.480 e. The number of nitrogens with zero attached hydrogens (tertiary/aromatic N) is 3.